The van der Waals surface area contributed by atoms with Crippen LogP contribution >= 0.6 is 0 Å². The first-order valence-electron chi connectivity index (χ1n) is 7.19. The summed E-state index contributed by atoms with van der Waals surface area (Å²) in [6.07, 6.45) is 8.39. The van der Waals surface area contributed by atoms with Gasteiger partial charge in [-0.2, -0.15) is 0 Å². The van der Waals surface area contributed by atoms with Gasteiger partial charge in [0.15, 0.2) is 0 Å². The Labute approximate surface area is 117 Å². The standard InChI is InChI=1S/C14H26O3Se/c1-2-3-4-5-6-7-8-9-14(16)17-13-11-18-10-12(13)15/h12-13,15H,2-11H2,1H3/t12-,13-/m0/s1. The van der Waals surface area contributed by atoms with Gasteiger partial charge in [-0.15, -0.1) is 0 Å². The van der Waals surface area contributed by atoms with Crippen molar-refractivity contribution >= 4 is 20.9 Å². The van der Waals surface area contributed by atoms with Crippen LogP contribution in [0.1, 0.15) is 58.3 Å². The van der Waals surface area contributed by atoms with Crippen LogP contribution in [-0.2, 0) is 9.53 Å². The SMILES string of the molecule is CCCCCCCCCC(=O)O[C@H]1C[Se]C[C@@H]1O. The van der Waals surface area contributed by atoms with Crippen LogP contribution in [0.2, 0.25) is 10.6 Å². The summed E-state index contributed by atoms with van der Waals surface area (Å²) >= 11 is 0.462. The van der Waals surface area contributed by atoms with Crippen molar-refractivity contribution in [2.24, 2.45) is 0 Å². The molecule has 1 N–H and O–H groups in total. The number of carbonyl (C=O) groups excluding carboxylic acids is 1. The zero-order valence-corrected chi connectivity index (χ0v) is 13.1. The van der Waals surface area contributed by atoms with E-state index in [1.807, 2.05) is 0 Å². The van der Waals surface area contributed by atoms with Crippen LogP contribution in [0, 0.1) is 0 Å². The summed E-state index contributed by atoms with van der Waals surface area (Å²) < 4.78 is 5.30. The average molecular weight is 321 g/mol. The van der Waals surface area contributed by atoms with Crippen LogP contribution in [0.15, 0.2) is 0 Å². The molecule has 0 aliphatic carbocycles. The Hall–Kier alpha value is -0.0505. The van der Waals surface area contributed by atoms with E-state index in [0.717, 1.165) is 23.5 Å². The van der Waals surface area contributed by atoms with Crippen LogP contribution in [0.25, 0.3) is 0 Å². The number of rotatable bonds is 9. The van der Waals surface area contributed by atoms with Crippen LogP contribution in [0.3, 0.4) is 0 Å². The van der Waals surface area contributed by atoms with E-state index in [-0.39, 0.29) is 12.1 Å². The molecule has 3 nitrogen and oxygen atoms in total. The summed E-state index contributed by atoms with van der Waals surface area (Å²) in [6.45, 7) is 2.22. The molecule has 18 heavy (non-hydrogen) atoms. The molecule has 0 unspecified atom stereocenters. The second-order valence-corrected chi connectivity index (χ2v) is 7.26. The van der Waals surface area contributed by atoms with Gasteiger partial charge in [0.2, 0.25) is 0 Å². The average Bonchev–Trinajstić information content (AvgIpc) is 2.74. The number of carbonyl (C=O) groups is 1. The molecule has 1 saturated heterocycles. The number of unbranched alkanes of at least 4 members (excludes halogenated alkanes) is 6. The second kappa shape index (κ2) is 9.82. The fourth-order valence-corrected chi connectivity index (χ4v) is 4.43. The van der Waals surface area contributed by atoms with E-state index in [1.54, 1.807) is 0 Å². The molecular formula is C14H26O3Se. The van der Waals surface area contributed by atoms with Gasteiger partial charge < -0.3 is 0 Å². The first kappa shape index (κ1) is 16.0. The minimum absolute atomic E-state index is 0.120. The number of hydrogen-bond acceptors (Lipinski definition) is 3. The Balaban J connectivity index is 1.93. The normalized spacial score (nSPS) is 23.2. The molecule has 0 aromatic heterocycles. The molecule has 1 aliphatic rings. The van der Waals surface area contributed by atoms with E-state index >= 15 is 0 Å². The monoisotopic (exact) mass is 322 g/mol. The Kier molecular flexibility index (Phi) is 8.74. The first-order chi connectivity index (χ1) is 8.74. The van der Waals surface area contributed by atoms with Gasteiger partial charge in [-0.1, -0.05) is 6.92 Å². The maximum atomic E-state index is 11.6. The fraction of sp³-hybridized carbons (Fsp3) is 0.929. The number of aliphatic hydroxyl groups is 1. The van der Waals surface area contributed by atoms with E-state index < -0.39 is 6.10 Å². The molecule has 0 bridgehead atoms. The number of aliphatic hydroxyl groups excluding tert-OH is 1. The fourth-order valence-electron chi connectivity index (χ4n) is 2.09. The summed E-state index contributed by atoms with van der Waals surface area (Å²) in [6, 6.07) is 0. The molecule has 1 fully saturated rings. The molecule has 0 radical (unpaired) electrons. The van der Waals surface area contributed by atoms with E-state index in [2.05, 4.69) is 6.92 Å². The van der Waals surface area contributed by atoms with Crippen molar-refractivity contribution in [3.63, 3.8) is 0 Å². The van der Waals surface area contributed by atoms with Crippen LogP contribution in [-0.4, -0.2) is 38.2 Å². The Morgan fingerprint density at radius 3 is 2.44 bits per heavy atom. The van der Waals surface area contributed by atoms with Gasteiger partial charge in [0, 0.05) is 0 Å². The Morgan fingerprint density at radius 2 is 1.83 bits per heavy atom. The zero-order valence-electron chi connectivity index (χ0n) is 11.4. The molecule has 4 heteroatoms. The molecule has 0 amide bonds. The number of ether oxygens (including phenoxy) is 1. The molecule has 106 valence electrons. The summed E-state index contributed by atoms with van der Waals surface area (Å²) in [4.78, 5) is 11.6. The summed E-state index contributed by atoms with van der Waals surface area (Å²) in [5.41, 5.74) is 0. The summed E-state index contributed by atoms with van der Waals surface area (Å²) in [5.74, 6) is -0.120. The summed E-state index contributed by atoms with van der Waals surface area (Å²) in [7, 11) is 0. The van der Waals surface area contributed by atoms with E-state index in [9.17, 15) is 9.90 Å². The van der Waals surface area contributed by atoms with Crippen molar-refractivity contribution in [3.05, 3.63) is 0 Å². The quantitative estimate of drug-likeness (QED) is 0.403. The van der Waals surface area contributed by atoms with Gasteiger partial charge in [-0.3, -0.25) is 0 Å². The second-order valence-electron chi connectivity index (χ2n) is 5.00. The van der Waals surface area contributed by atoms with Crippen molar-refractivity contribution in [1.82, 2.24) is 0 Å². The first-order valence-corrected chi connectivity index (χ1v) is 9.61. The topological polar surface area (TPSA) is 46.5 Å². The third-order valence-electron chi connectivity index (χ3n) is 3.27. The minimum atomic E-state index is -0.400. The van der Waals surface area contributed by atoms with Crippen molar-refractivity contribution in [1.29, 1.82) is 0 Å². The molecule has 0 spiro atoms. The molecule has 0 aromatic carbocycles. The predicted octanol–water partition coefficient (Wildman–Crippen LogP) is 2.95. The zero-order chi connectivity index (χ0) is 13.2. The van der Waals surface area contributed by atoms with Crippen molar-refractivity contribution in [2.75, 3.05) is 0 Å². The van der Waals surface area contributed by atoms with Crippen molar-refractivity contribution in [3.8, 4) is 0 Å². The van der Waals surface area contributed by atoms with Gasteiger partial charge in [0.05, 0.1) is 0 Å². The predicted molar refractivity (Wildman–Crippen MR) is 73.9 cm³/mol. The number of esters is 1. The van der Waals surface area contributed by atoms with Crippen LogP contribution in [0.5, 0.6) is 0 Å². The Morgan fingerprint density at radius 1 is 1.17 bits per heavy atom. The summed E-state index contributed by atoms with van der Waals surface area (Å²) in [5, 5.41) is 11.3. The molecule has 1 rings (SSSR count). The molecule has 1 aliphatic heterocycles. The third-order valence-corrected chi connectivity index (χ3v) is 5.66. The molecule has 2 atom stereocenters. The molecule has 0 saturated carbocycles. The van der Waals surface area contributed by atoms with E-state index in [4.69, 9.17) is 4.74 Å². The van der Waals surface area contributed by atoms with Crippen molar-refractivity contribution in [2.45, 2.75) is 81.1 Å². The maximum absolute atomic E-state index is 11.6. The molecular weight excluding hydrogens is 295 g/mol. The van der Waals surface area contributed by atoms with Gasteiger partial charge in [0.1, 0.15) is 0 Å². The third kappa shape index (κ3) is 6.77. The molecule has 1 heterocycles. The van der Waals surface area contributed by atoms with E-state index in [1.165, 1.54) is 32.1 Å². The van der Waals surface area contributed by atoms with Gasteiger partial charge in [-0.25, -0.2) is 0 Å². The Bertz CT molecular complexity index is 233. The van der Waals surface area contributed by atoms with Gasteiger partial charge in [0.25, 0.3) is 0 Å². The van der Waals surface area contributed by atoms with Crippen LogP contribution < -0.4 is 0 Å². The van der Waals surface area contributed by atoms with Gasteiger partial charge in [-0.05, 0) is 0 Å². The molecule has 0 aromatic rings. The number of hydrogen-bond donors (Lipinski definition) is 1. The van der Waals surface area contributed by atoms with Gasteiger partial charge >= 0.3 is 110 Å². The van der Waals surface area contributed by atoms with E-state index in [0.29, 0.717) is 21.4 Å². The van der Waals surface area contributed by atoms with Crippen LogP contribution in [0.4, 0.5) is 0 Å². The van der Waals surface area contributed by atoms with Crippen molar-refractivity contribution < 1.29 is 14.6 Å².